The van der Waals surface area contributed by atoms with E-state index in [4.69, 9.17) is 23.2 Å². The molecular formula is C22H26Cl2F3N3O2. The standard InChI is InChI=1S/C13H14F3N3O2.C9H12Cl2/c1-8(20)19(2)17-10-5-3-4-9(6-10)11-7-12(21-18-11)13(14,15)16;1-4-7(2)5-9(11)6-8(3)10/h3-6,12,17H,7H2,1-2H3;4-6,8H,1H2,2-3H3/b;7-5-,9-6+. The van der Waals surface area contributed by atoms with Gasteiger partial charge in [0, 0.05) is 31.0 Å². The van der Waals surface area contributed by atoms with Gasteiger partial charge in [-0.15, -0.1) is 11.6 Å². The summed E-state index contributed by atoms with van der Waals surface area (Å²) in [5.74, 6) is -0.195. The summed E-state index contributed by atoms with van der Waals surface area (Å²) < 4.78 is 37.6. The van der Waals surface area contributed by atoms with Gasteiger partial charge < -0.3 is 4.84 Å². The number of carbonyl (C=O) groups excluding carboxylic acids is 1. The van der Waals surface area contributed by atoms with E-state index in [1.807, 2.05) is 19.9 Å². The van der Waals surface area contributed by atoms with Crippen LogP contribution in [0.15, 0.2) is 64.8 Å². The molecule has 1 aliphatic rings. The van der Waals surface area contributed by atoms with E-state index in [2.05, 4.69) is 22.0 Å². The van der Waals surface area contributed by atoms with Crippen LogP contribution in [0, 0.1) is 0 Å². The molecular weight excluding hydrogens is 466 g/mol. The number of carbonyl (C=O) groups is 1. The predicted octanol–water partition coefficient (Wildman–Crippen LogP) is 6.42. The maximum absolute atomic E-state index is 12.5. The van der Waals surface area contributed by atoms with E-state index in [1.54, 1.807) is 43.5 Å². The molecule has 0 radical (unpaired) electrons. The maximum atomic E-state index is 12.5. The van der Waals surface area contributed by atoms with Gasteiger partial charge in [-0.25, -0.2) is 0 Å². The normalized spacial score (nSPS) is 17.4. The van der Waals surface area contributed by atoms with Crippen molar-refractivity contribution in [2.24, 2.45) is 5.16 Å². The summed E-state index contributed by atoms with van der Waals surface area (Å²) >= 11 is 11.5. The third-order valence-electron chi connectivity index (χ3n) is 4.08. The number of oxime groups is 1. The second-order valence-electron chi connectivity index (χ2n) is 6.97. The highest BCUT2D eigenvalue weighted by Gasteiger charge is 2.45. The maximum Gasteiger partial charge on any atom is 0.428 e. The lowest BCUT2D eigenvalue weighted by Gasteiger charge is -2.18. The molecule has 0 saturated heterocycles. The SMILES string of the molecule is C=C/C(C)=C\C(Cl)=C/C(C)Cl.CC(=O)N(C)Nc1cccc(C2=NOC(C(F)(F)F)C2)c1. The Hall–Kier alpha value is -2.45. The van der Waals surface area contributed by atoms with Crippen LogP contribution >= 0.6 is 23.2 Å². The van der Waals surface area contributed by atoms with Gasteiger partial charge >= 0.3 is 6.18 Å². The van der Waals surface area contributed by atoms with Crippen LogP contribution in [0.25, 0.3) is 0 Å². The van der Waals surface area contributed by atoms with E-state index in [9.17, 15) is 18.0 Å². The first-order valence-corrected chi connectivity index (χ1v) is 10.4. The van der Waals surface area contributed by atoms with Crippen molar-refractivity contribution >= 4 is 40.5 Å². The molecule has 1 N–H and O–H groups in total. The summed E-state index contributed by atoms with van der Waals surface area (Å²) in [6.45, 7) is 8.79. The number of alkyl halides is 4. The van der Waals surface area contributed by atoms with Crippen LogP contribution in [0.4, 0.5) is 18.9 Å². The highest BCUT2D eigenvalue weighted by molar-refractivity contribution is 6.32. The number of rotatable bonds is 6. The molecule has 2 unspecified atom stereocenters. The van der Waals surface area contributed by atoms with Crippen LogP contribution in [-0.2, 0) is 9.63 Å². The fraction of sp³-hybridized carbons (Fsp3) is 0.364. The number of anilines is 1. The van der Waals surface area contributed by atoms with Crippen molar-refractivity contribution in [1.82, 2.24) is 5.01 Å². The van der Waals surface area contributed by atoms with Crippen molar-refractivity contribution < 1.29 is 22.8 Å². The third-order valence-corrected chi connectivity index (χ3v) is 4.44. The zero-order chi connectivity index (χ0) is 24.5. The molecule has 0 aliphatic carbocycles. The fourth-order valence-electron chi connectivity index (χ4n) is 2.31. The van der Waals surface area contributed by atoms with Crippen LogP contribution in [-0.4, -0.2) is 41.3 Å². The zero-order valence-corrected chi connectivity index (χ0v) is 19.7. The lowest BCUT2D eigenvalue weighted by atomic mass is 10.0. The van der Waals surface area contributed by atoms with Gasteiger partial charge in [-0.3, -0.25) is 15.2 Å². The van der Waals surface area contributed by atoms with Crippen molar-refractivity contribution in [2.45, 2.75) is 44.8 Å². The lowest BCUT2D eigenvalue weighted by Crippen LogP contribution is -2.30. The zero-order valence-electron chi connectivity index (χ0n) is 18.2. The smallest absolute Gasteiger partial charge is 0.382 e. The van der Waals surface area contributed by atoms with Gasteiger partial charge in [0.1, 0.15) is 0 Å². The second kappa shape index (κ2) is 12.6. The molecule has 32 heavy (non-hydrogen) atoms. The first-order chi connectivity index (χ1) is 14.8. The molecule has 1 aromatic rings. The summed E-state index contributed by atoms with van der Waals surface area (Å²) in [5, 5.41) is 5.39. The number of nitrogens with zero attached hydrogens (tertiary/aromatic N) is 2. The quantitative estimate of drug-likeness (QED) is 0.284. The van der Waals surface area contributed by atoms with Gasteiger partial charge in [0.2, 0.25) is 12.0 Å². The van der Waals surface area contributed by atoms with Gasteiger partial charge in [0.15, 0.2) is 0 Å². The molecule has 10 heteroatoms. The number of nitrogens with one attached hydrogen (secondary N) is 1. The lowest BCUT2D eigenvalue weighted by molar-refractivity contribution is -0.212. The van der Waals surface area contributed by atoms with Crippen molar-refractivity contribution in [1.29, 1.82) is 0 Å². The summed E-state index contributed by atoms with van der Waals surface area (Å²) in [4.78, 5) is 15.6. The number of benzene rings is 1. The van der Waals surface area contributed by atoms with Crippen molar-refractivity contribution in [3.05, 3.63) is 65.2 Å². The summed E-state index contributed by atoms with van der Waals surface area (Å²) in [6, 6.07) is 6.61. The molecule has 0 spiro atoms. The first kappa shape index (κ1) is 27.6. The van der Waals surface area contributed by atoms with Gasteiger partial charge in [0.25, 0.3) is 0 Å². The summed E-state index contributed by atoms with van der Waals surface area (Å²) in [6.07, 6.45) is -1.31. The van der Waals surface area contributed by atoms with Crippen LogP contribution < -0.4 is 5.43 Å². The molecule has 1 heterocycles. The molecule has 0 aromatic heterocycles. The Balaban J connectivity index is 0.000000396. The Morgan fingerprint density at radius 3 is 2.56 bits per heavy atom. The fourth-order valence-corrected chi connectivity index (χ4v) is 2.87. The number of hydrogen-bond acceptors (Lipinski definition) is 4. The molecule has 176 valence electrons. The van der Waals surface area contributed by atoms with Crippen molar-refractivity contribution in [3.63, 3.8) is 0 Å². The minimum atomic E-state index is -4.43. The molecule has 2 atom stereocenters. The van der Waals surface area contributed by atoms with E-state index < -0.39 is 12.3 Å². The third kappa shape index (κ3) is 9.78. The van der Waals surface area contributed by atoms with Crippen LogP contribution in [0.2, 0.25) is 0 Å². The van der Waals surface area contributed by atoms with Gasteiger partial charge in [0.05, 0.1) is 16.8 Å². The largest absolute Gasteiger partial charge is 0.428 e. The Kier molecular flexibility index (Phi) is 10.8. The average Bonchev–Trinajstić information content (AvgIpc) is 3.18. The van der Waals surface area contributed by atoms with E-state index in [-0.39, 0.29) is 23.4 Å². The summed E-state index contributed by atoms with van der Waals surface area (Å²) in [5.41, 5.74) is 5.16. The molecule has 0 saturated carbocycles. The average molecular weight is 492 g/mol. The van der Waals surface area contributed by atoms with Gasteiger partial charge in [-0.1, -0.05) is 47.1 Å². The van der Waals surface area contributed by atoms with Crippen molar-refractivity contribution in [3.8, 4) is 0 Å². The van der Waals surface area contributed by atoms with Crippen LogP contribution in [0.3, 0.4) is 0 Å². The Morgan fingerprint density at radius 2 is 2.06 bits per heavy atom. The Morgan fingerprint density at radius 1 is 1.41 bits per heavy atom. The number of hydrazine groups is 1. The number of halogens is 5. The summed E-state index contributed by atoms with van der Waals surface area (Å²) in [7, 11) is 1.55. The number of amides is 1. The topological polar surface area (TPSA) is 53.9 Å². The minimum Gasteiger partial charge on any atom is -0.382 e. The monoisotopic (exact) mass is 491 g/mol. The Labute approximate surface area is 196 Å². The van der Waals surface area contributed by atoms with Crippen LogP contribution in [0.1, 0.15) is 32.8 Å². The second-order valence-corrected chi connectivity index (χ2v) is 8.09. The predicted molar refractivity (Wildman–Crippen MR) is 124 cm³/mol. The van der Waals surface area contributed by atoms with Crippen LogP contribution in [0.5, 0.6) is 0 Å². The van der Waals surface area contributed by atoms with Gasteiger partial charge in [-0.05, 0) is 38.1 Å². The molecule has 1 aromatic carbocycles. The molecule has 5 nitrogen and oxygen atoms in total. The molecule has 0 bridgehead atoms. The van der Waals surface area contributed by atoms with Gasteiger partial charge in [-0.2, -0.15) is 13.2 Å². The number of allylic oxidation sites excluding steroid dienone is 5. The Bertz CT molecular complexity index is 897. The van der Waals surface area contributed by atoms with E-state index in [1.165, 1.54) is 11.9 Å². The minimum absolute atomic E-state index is 0.0311. The van der Waals surface area contributed by atoms with E-state index in [0.717, 1.165) is 5.57 Å². The first-order valence-electron chi connectivity index (χ1n) is 9.56. The molecule has 2 rings (SSSR count). The highest BCUT2D eigenvalue weighted by Crippen LogP contribution is 2.31. The van der Waals surface area contributed by atoms with E-state index in [0.29, 0.717) is 16.3 Å². The molecule has 1 aliphatic heterocycles. The van der Waals surface area contributed by atoms with Crippen molar-refractivity contribution in [2.75, 3.05) is 12.5 Å². The highest BCUT2D eigenvalue weighted by atomic mass is 35.5. The number of hydrogen-bond donors (Lipinski definition) is 1. The molecule has 0 fully saturated rings. The van der Waals surface area contributed by atoms with E-state index >= 15 is 0 Å². The molecule has 1 amide bonds.